The number of rotatable bonds is 5. The van der Waals surface area contributed by atoms with E-state index in [1.165, 1.54) is 12.1 Å². The number of aromatic nitrogens is 2. The first-order valence-electron chi connectivity index (χ1n) is 8.46. The molecule has 2 aromatic rings. The average molecular weight is 332 g/mol. The molecule has 2 heterocycles. The first kappa shape index (κ1) is 17.1. The maximum absolute atomic E-state index is 13.3. The molecule has 6 heteroatoms. The smallest absolute Gasteiger partial charge is 0.125 e. The van der Waals surface area contributed by atoms with Crippen molar-refractivity contribution in [1.29, 1.82) is 0 Å². The van der Waals surface area contributed by atoms with Gasteiger partial charge in [0, 0.05) is 45.0 Å². The third-order valence-electron chi connectivity index (χ3n) is 4.45. The molecular weight excluding hydrogens is 307 g/mol. The van der Waals surface area contributed by atoms with Crippen molar-refractivity contribution < 1.29 is 9.50 Å². The second kappa shape index (κ2) is 7.42. The van der Waals surface area contributed by atoms with Crippen molar-refractivity contribution in [2.75, 3.05) is 26.2 Å². The third kappa shape index (κ3) is 4.20. The second-order valence-corrected chi connectivity index (χ2v) is 6.66. The summed E-state index contributed by atoms with van der Waals surface area (Å²) in [6.45, 7) is 8.41. The molecule has 2 atom stereocenters. The zero-order chi connectivity index (χ0) is 17.1. The molecule has 1 aromatic heterocycles. The molecule has 1 aromatic carbocycles. The van der Waals surface area contributed by atoms with E-state index >= 15 is 0 Å². The molecule has 1 N–H and O–H groups in total. The first-order chi connectivity index (χ1) is 11.5. The van der Waals surface area contributed by atoms with Crippen LogP contribution >= 0.6 is 0 Å². The molecule has 0 unspecified atom stereocenters. The molecule has 130 valence electrons. The fourth-order valence-corrected chi connectivity index (χ4v) is 3.26. The molecule has 5 nitrogen and oxygen atoms in total. The predicted octanol–water partition coefficient (Wildman–Crippen LogP) is 1.90. The molecule has 0 spiro atoms. The fourth-order valence-electron chi connectivity index (χ4n) is 3.26. The Hall–Kier alpha value is -1.76. The normalized spacial score (nSPS) is 21.1. The van der Waals surface area contributed by atoms with E-state index in [1.54, 1.807) is 10.7 Å². The fraction of sp³-hybridized carbons (Fsp3) is 0.500. The predicted molar refractivity (Wildman–Crippen MR) is 91.5 cm³/mol. The number of hydrogen-bond acceptors (Lipinski definition) is 4. The molecule has 1 aliphatic rings. The molecule has 3 rings (SSSR count). The molecule has 1 fully saturated rings. The van der Waals surface area contributed by atoms with Crippen LogP contribution in [0.5, 0.6) is 0 Å². The molecular formula is C18H25FN4O. The number of aliphatic hydroxyl groups excluding tert-OH is 1. The van der Waals surface area contributed by atoms with Crippen LogP contribution in [0.25, 0.3) is 5.69 Å². The molecule has 24 heavy (non-hydrogen) atoms. The van der Waals surface area contributed by atoms with Gasteiger partial charge >= 0.3 is 0 Å². The lowest BCUT2D eigenvalue weighted by Gasteiger charge is -2.40. The summed E-state index contributed by atoms with van der Waals surface area (Å²) in [5.41, 5.74) is 1.71. The monoisotopic (exact) mass is 332 g/mol. The third-order valence-corrected chi connectivity index (χ3v) is 4.45. The molecule has 0 bridgehead atoms. The Morgan fingerprint density at radius 2 is 2.17 bits per heavy atom. The van der Waals surface area contributed by atoms with Crippen LogP contribution in [0.3, 0.4) is 0 Å². The van der Waals surface area contributed by atoms with Gasteiger partial charge in [0.25, 0.3) is 0 Å². The Kier molecular flexibility index (Phi) is 5.28. The van der Waals surface area contributed by atoms with Gasteiger partial charge in [-0.05, 0) is 38.1 Å². The highest BCUT2D eigenvalue weighted by molar-refractivity contribution is 5.31. The highest BCUT2D eigenvalue weighted by Gasteiger charge is 2.24. The van der Waals surface area contributed by atoms with E-state index in [9.17, 15) is 9.50 Å². The Labute approximate surface area is 142 Å². The molecule has 1 saturated heterocycles. The van der Waals surface area contributed by atoms with Gasteiger partial charge in [-0.3, -0.25) is 9.80 Å². The lowest BCUT2D eigenvalue weighted by atomic mass is 10.1. The van der Waals surface area contributed by atoms with Crippen molar-refractivity contribution in [3.8, 4) is 5.69 Å². The van der Waals surface area contributed by atoms with Gasteiger partial charge in [-0.15, -0.1) is 0 Å². The van der Waals surface area contributed by atoms with Gasteiger partial charge in [-0.25, -0.2) is 9.07 Å². The Bertz CT molecular complexity index is 673. The summed E-state index contributed by atoms with van der Waals surface area (Å²) in [4.78, 5) is 4.70. The molecule has 0 saturated carbocycles. The standard InChI is InChI=1S/C18H25FN4O/c1-14-11-21(8-9-22(14)12-15(2)24)13-17-6-7-23(20-17)18-5-3-4-16(19)10-18/h3-7,10,14-15,24H,8-9,11-13H2,1-2H3/t14-,15+/m1/s1. The van der Waals surface area contributed by atoms with E-state index in [0.717, 1.165) is 44.1 Å². The summed E-state index contributed by atoms with van der Waals surface area (Å²) in [6.07, 6.45) is 1.58. The largest absolute Gasteiger partial charge is 0.392 e. The van der Waals surface area contributed by atoms with Crippen molar-refractivity contribution in [2.45, 2.75) is 32.5 Å². The minimum atomic E-state index is -0.291. The lowest BCUT2D eigenvalue weighted by Crippen LogP contribution is -2.53. The van der Waals surface area contributed by atoms with Gasteiger partial charge in [0.05, 0.1) is 17.5 Å². The van der Waals surface area contributed by atoms with Gasteiger partial charge in [-0.1, -0.05) is 6.07 Å². The van der Waals surface area contributed by atoms with Crippen molar-refractivity contribution in [3.63, 3.8) is 0 Å². The quantitative estimate of drug-likeness (QED) is 0.908. The van der Waals surface area contributed by atoms with Gasteiger partial charge in [0.2, 0.25) is 0 Å². The zero-order valence-corrected chi connectivity index (χ0v) is 14.3. The summed E-state index contributed by atoms with van der Waals surface area (Å²) in [7, 11) is 0. The number of β-amino-alcohol motifs (C(OH)–C–C–N with tert-alkyl or cyclic N) is 1. The zero-order valence-electron chi connectivity index (χ0n) is 14.3. The number of halogens is 1. The highest BCUT2D eigenvalue weighted by atomic mass is 19.1. The number of piperazine rings is 1. The van der Waals surface area contributed by atoms with Crippen LogP contribution in [0.4, 0.5) is 4.39 Å². The van der Waals surface area contributed by atoms with Crippen LogP contribution in [0.2, 0.25) is 0 Å². The van der Waals surface area contributed by atoms with Crippen molar-refractivity contribution in [2.24, 2.45) is 0 Å². The molecule has 0 aliphatic carbocycles. The number of aliphatic hydroxyl groups is 1. The molecule has 0 amide bonds. The highest BCUT2D eigenvalue weighted by Crippen LogP contribution is 2.14. The van der Waals surface area contributed by atoms with E-state index in [4.69, 9.17) is 0 Å². The minimum Gasteiger partial charge on any atom is -0.392 e. The van der Waals surface area contributed by atoms with Gasteiger partial charge in [0.15, 0.2) is 0 Å². The number of benzene rings is 1. The summed E-state index contributed by atoms with van der Waals surface area (Å²) in [5, 5.41) is 14.1. The van der Waals surface area contributed by atoms with Crippen molar-refractivity contribution in [1.82, 2.24) is 19.6 Å². The summed E-state index contributed by atoms with van der Waals surface area (Å²) >= 11 is 0. The Morgan fingerprint density at radius 3 is 2.88 bits per heavy atom. The topological polar surface area (TPSA) is 44.5 Å². The van der Waals surface area contributed by atoms with Crippen LogP contribution in [0.15, 0.2) is 36.5 Å². The van der Waals surface area contributed by atoms with E-state index in [-0.39, 0.29) is 11.9 Å². The summed E-state index contributed by atoms with van der Waals surface area (Å²) in [6, 6.07) is 8.85. The number of hydrogen-bond donors (Lipinski definition) is 1. The number of nitrogens with zero attached hydrogens (tertiary/aromatic N) is 4. The van der Waals surface area contributed by atoms with Crippen LogP contribution < -0.4 is 0 Å². The lowest BCUT2D eigenvalue weighted by molar-refractivity contribution is 0.0418. The minimum absolute atomic E-state index is 0.257. The van der Waals surface area contributed by atoms with Gasteiger partial charge in [-0.2, -0.15) is 5.10 Å². The van der Waals surface area contributed by atoms with Gasteiger partial charge < -0.3 is 5.11 Å². The van der Waals surface area contributed by atoms with E-state index < -0.39 is 0 Å². The van der Waals surface area contributed by atoms with Crippen LogP contribution in [0.1, 0.15) is 19.5 Å². The average Bonchev–Trinajstić information content (AvgIpc) is 2.98. The summed E-state index contributed by atoms with van der Waals surface area (Å²) < 4.78 is 15.0. The summed E-state index contributed by atoms with van der Waals surface area (Å²) in [5.74, 6) is -0.257. The first-order valence-corrected chi connectivity index (χ1v) is 8.46. The van der Waals surface area contributed by atoms with E-state index in [2.05, 4.69) is 21.8 Å². The van der Waals surface area contributed by atoms with Crippen LogP contribution in [-0.4, -0.2) is 63.0 Å². The van der Waals surface area contributed by atoms with Crippen molar-refractivity contribution in [3.05, 3.63) is 48.0 Å². The Balaban J connectivity index is 1.60. The van der Waals surface area contributed by atoms with Gasteiger partial charge in [0.1, 0.15) is 5.82 Å². The van der Waals surface area contributed by atoms with E-state index in [1.807, 2.05) is 25.3 Å². The SMILES string of the molecule is C[C@H](O)CN1CCN(Cc2ccn(-c3cccc(F)c3)n2)C[C@H]1C. The molecule has 1 aliphatic heterocycles. The van der Waals surface area contributed by atoms with Crippen molar-refractivity contribution >= 4 is 0 Å². The molecule has 0 radical (unpaired) electrons. The van der Waals surface area contributed by atoms with E-state index in [0.29, 0.717) is 6.04 Å². The maximum Gasteiger partial charge on any atom is 0.125 e. The Morgan fingerprint density at radius 1 is 1.33 bits per heavy atom. The second-order valence-electron chi connectivity index (χ2n) is 6.66. The van der Waals surface area contributed by atoms with Crippen LogP contribution in [-0.2, 0) is 6.54 Å². The maximum atomic E-state index is 13.3. The van der Waals surface area contributed by atoms with Crippen LogP contribution in [0, 0.1) is 5.82 Å².